The molecule has 0 amide bonds. The number of thioether (sulfide) groups is 1. The molecule has 1 heterocycles. The maximum Gasteiger partial charge on any atom is 0.189 e. The third-order valence-corrected chi connectivity index (χ3v) is 5.83. The second kappa shape index (κ2) is 9.69. The Morgan fingerprint density at radius 1 is 0.967 bits per heavy atom. The number of benzene rings is 3. The van der Waals surface area contributed by atoms with E-state index < -0.39 is 0 Å². The fourth-order valence-corrected chi connectivity index (χ4v) is 3.88. The summed E-state index contributed by atoms with van der Waals surface area (Å²) in [6.07, 6.45) is 3.67. The summed E-state index contributed by atoms with van der Waals surface area (Å²) in [5.74, 6) is 0.358. The molecule has 0 saturated heterocycles. The maximum absolute atomic E-state index is 12.5. The van der Waals surface area contributed by atoms with Crippen molar-refractivity contribution >= 4 is 39.7 Å². The van der Waals surface area contributed by atoms with Gasteiger partial charge in [0.25, 0.3) is 0 Å². The number of halogens is 1. The molecule has 0 atom stereocenters. The molecule has 0 unspecified atom stereocenters. The van der Waals surface area contributed by atoms with Gasteiger partial charge in [-0.3, -0.25) is 4.79 Å². The summed E-state index contributed by atoms with van der Waals surface area (Å²) in [6, 6.07) is 27.1. The smallest absolute Gasteiger partial charge is 0.189 e. The number of rotatable bonds is 7. The summed E-state index contributed by atoms with van der Waals surface area (Å²) in [5.41, 5.74) is 3.50. The first kappa shape index (κ1) is 20.3. The van der Waals surface area contributed by atoms with Crippen LogP contribution in [0.25, 0.3) is 11.3 Å². The minimum absolute atomic E-state index is 0.0632. The monoisotopic (exact) mass is 475 g/mol. The molecule has 4 aromatic rings. The van der Waals surface area contributed by atoms with Gasteiger partial charge in [0.2, 0.25) is 0 Å². The van der Waals surface area contributed by atoms with E-state index in [0.717, 1.165) is 21.3 Å². The van der Waals surface area contributed by atoms with Crippen molar-refractivity contribution in [3.8, 4) is 11.3 Å². The van der Waals surface area contributed by atoms with Crippen molar-refractivity contribution in [2.45, 2.75) is 5.16 Å². The molecule has 0 aliphatic rings. The number of ketones is 1. The lowest BCUT2D eigenvalue weighted by molar-refractivity contribution is 0.102. The Bertz CT molecular complexity index is 1160. The lowest BCUT2D eigenvalue weighted by atomic mass is 10.2. The van der Waals surface area contributed by atoms with Crippen LogP contribution < -0.4 is 0 Å². The van der Waals surface area contributed by atoms with Gasteiger partial charge in [-0.1, -0.05) is 100 Å². The number of imidazole rings is 1. The van der Waals surface area contributed by atoms with Crippen LogP contribution in [0.1, 0.15) is 15.9 Å². The second-order valence-electron chi connectivity index (χ2n) is 6.49. The van der Waals surface area contributed by atoms with Crippen LogP contribution in [0.2, 0.25) is 0 Å². The standard InChI is InChI=1S/C24H18BrN3OS/c25-21-13-11-18(12-14-21)15-26-28-16-22(19-7-3-1-4-8-19)27-24(28)30-17-23(29)20-9-5-2-6-10-20/h1-16H,17H2/b26-15-. The Hall–Kier alpha value is -2.96. The summed E-state index contributed by atoms with van der Waals surface area (Å²) >= 11 is 4.82. The molecule has 0 bridgehead atoms. The van der Waals surface area contributed by atoms with Gasteiger partial charge in [-0.05, 0) is 17.7 Å². The van der Waals surface area contributed by atoms with Crippen molar-refractivity contribution in [2.24, 2.45) is 5.10 Å². The SMILES string of the molecule is O=C(CSc1nc(-c2ccccc2)cn1/N=C\c1ccc(Br)cc1)c1ccccc1. The molecule has 148 valence electrons. The fraction of sp³-hybridized carbons (Fsp3) is 0.0417. The molecule has 30 heavy (non-hydrogen) atoms. The van der Waals surface area contributed by atoms with E-state index in [1.54, 1.807) is 10.9 Å². The summed E-state index contributed by atoms with van der Waals surface area (Å²) in [6.45, 7) is 0. The Labute approximate surface area is 187 Å². The number of hydrogen-bond donors (Lipinski definition) is 0. The third-order valence-electron chi connectivity index (χ3n) is 4.36. The van der Waals surface area contributed by atoms with E-state index >= 15 is 0 Å². The molecule has 6 heteroatoms. The number of carbonyl (C=O) groups excluding carboxylic acids is 1. The highest BCUT2D eigenvalue weighted by atomic mass is 79.9. The van der Waals surface area contributed by atoms with Gasteiger partial charge in [-0.25, -0.2) is 9.66 Å². The van der Waals surface area contributed by atoms with Crippen molar-refractivity contribution in [3.05, 3.63) is 107 Å². The van der Waals surface area contributed by atoms with Gasteiger partial charge >= 0.3 is 0 Å². The second-order valence-corrected chi connectivity index (χ2v) is 8.35. The van der Waals surface area contributed by atoms with Crippen molar-refractivity contribution in [2.75, 3.05) is 5.75 Å². The summed E-state index contributed by atoms with van der Waals surface area (Å²) in [7, 11) is 0. The molecule has 4 rings (SSSR count). The molecule has 3 aromatic carbocycles. The number of nitrogens with zero attached hydrogens (tertiary/aromatic N) is 3. The van der Waals surface area contributed by atoms with Crippen LogP contribution in [0.5, 0.6) is 0 Å². The van der Waals surface area contributed by atoms with Gasteiger partial charge in [0.15, 0.2) is 10.9 Å². The van der Waals surface area contributed by atoms with E-state index in [4.69, 9.17) is 4.98 Å². The van der Waals surface area contributed by atoms with Crippen LogP contribution in [-0.2, 0) is 0 Å². The molecule has 1 aromatic heterocycles. The zero-order chi connectivity index (χ0) is 20.8. The van der Waals surface area contributed by atoms with Crippen LogP contribution in [-0.4, -0.2) is 27.4 Å². The summed E-state index contributed by atoms with van der Waals surface area (Å²) < 4.78 is 2.75. The highest BCUT2D eigenvalue weighted by Gasteiger charge is 2.13. The van der Waals surface area contributed by atoms with Gasteiger partial charge < -0.3 is 0 Å². The van der Waals surface area contributed by atoms with Crippen molar-refractivity contribution in [1.29, 1.82) is 0 Å². The minimum atomic E-state index is 0.0632. The van der Waals surface area contributed by atoms with Crippen LogP contribution in [0.15, 0.2) is 106 Å². The Morgan fingerprint density at radius 3 is 2.33 bits per heavy atom. The van der Waals surface area contributed by atoms with E-state index in [2.05, 4.69) is 21.0 Å². The van der Waals surface area contributed by atoms with Gasteiger partial charge in [0.1, 0.15) is 0 Å². The van der Waals surface area contributed by atoms with Crippen molar-refractivity contribution in [3.63, 3.8) is 0 Å². The van der Waals surface area contributed by atoms with Gasteiger partial charge in [-0.15, -0.1) is 0 Å². The van der Waals surface area contributed by atoms with E-state index in [1.165, 1.54) is 11.8 Å². The number of carbonyl (C=O) groups is 1. The highest BCUT2D eigenvalue weighted by molar-refractivity contribution is 9.10. The molecule has 0 spiro atoms. The zero-order valence-corrected chi connectivity index (χ0v) is 18.4. The van der Waals surface area contributed by atoms with Crippen LogP contribution in [0.3, 0.4) is 0 Å². The molecule has 4 nitrogen and oxygen atoms in total. The third kappa shape index (κ3) is 5.14. The largest absolute Gasteiger partial charge is 0.293 e. The van der Waals surface area contributed by atoms with E-state index in [1.807, 2.05) is 91.1 Å². The number of aromatic nitrogens is 2. The maximum atomic E-state index is 12.5. The lowest BCUT2D eigenvalue weighted by Crippen LogP contribution is -2.03. The molecule has 0 saturated carbocycles. The van der Waals surface area contributed by atoms with Crippen molar-refractivity contribution in [1.82, 2.24) is 9.66 Å². The number of hydrogen-bond acceptors (Lipinski definition) is 4. The highest BCUT2D eigenvalue weighted by Crippen LogP contribution is 2.25. The van der Waals surface area contributed by atoms with Crippen molar-refractivity contribution < 1.29 is 4.79 Å². The Balaban J connectivity index is 1.59. The molecule has 0 fully saturated rings. The Morgan fingerprint density at radius 2 is 1.63 bits per heavy atom. The minimum Gasteiger partial charge on any atom is -0.293 e. The first-order valence-corrected chi connectivity index (χ1v) is 11.1. The fourth-order valence-electron chi connectivity index (χ4n) is 2.80. The van der Waals surface area contributed by atoms with Crippen LogP contribution in [0, 0.1) is 0 Å². The molecule has 0 aliphatic carbocycles. The summed E-state index contributed by atoms with van der Waals surface area (Å²) in [4.78, 5) is 17.2. The van der Waals surface area contributed by atoms with Crippen LogP contribution in [0.4, 0.5) is 0 Å². The predicted molar refractivity (Wildman–Crippen MR) is 126 cm³/mol. The van der Waals surface area contributed by atoms with E-state index in [-0.39, 0.29) is 5.78 Å². The lowest BCUT2D eigenvalue weighted by Gasteiger charge is -2.02. The summed E-state index contributed by atoms with van der Waals surface area (Å²) in [5, 5.41) is 5.26. The molecular formula is C24H18BrN3OS. The van der Waals surface area contributed by atoms with Crippen LogP contribution >= 0.6 is 27.7 Å². The molecule has 0 aliphatic heterocycles. The average Bonchev–Trinajstić information content (AvgIpc) is 3.21. The average molecular weight is 476 g/mol. The predicted octanol–water partition coefficient (Wildman–Crippen LogP) is 6.17. The molecular weight excluding hydrogens is 458 g/mol. The topological polar surface area (TPSA) is 47.2 Å². The normalized spacial score (nSPS) is 11.1. The first-order chi connectivity index (χ1) is 14.7. The number of Topliss-reactive ketones (excluding diaryl/α,β-unsaturated/α-hetero) is 1. The quantitative estimate of drug-likeness (QED) is 0.182. The molecule has 0 N–H and O–H groups in total. The van der Waals surface area contributed by atoms with Gasteiger partial charge in [0, 0.05) is 15.6 Å². The Kier molecular flexibility index (Phi) is 6.57. The van der Waals surface area contributed by atoms with Gasteiger partial charge in [-0.2, -0.15) is 5.10 Å². The van der Waals surface area contributed by atoms with Gasteiger partial charge in [0.05, 0.1) is 23.9 Å². The first-order valence-electron chi connectivity index (χ1n) is 9.35. The van der Waals surface area contributed by atoms with E-state index in [0.29, 0.717) is 16.5 Å². The zero-order valence-electron chi connectivity index (χ0n) is 16.0. The van der Waals surface area contributed by atoms with E-state index in [9.17, 15) is 4.79 Å². The molecule has 0 radical (unpaired) electrons.